The van der Waals surface area contributed by atoms with Crippen LogP contribution in [0.5, 0.6) is 0 Å². The summed E-state index contributed by atoms with van der Waals surface area (Å²) in [5.41, 5.74) is 3.20. The van der Waals surface area contributed by atoms with Crippen LogP contribution in [0.15, 0.2) is 48.5 Å². The Morgan fingerprint density at radius 3 is 2.50 bits per heavy atom. The molecule has 0 saturated heterocycles. The maximum absolute atomic E-state index is 12.9. The van der Waals surface area contributed by atoms with Crippen LogP contribution in [0.3, 0.4) is 0 Å². The van der Waals surface area contributed by atoms with E-state index in [2.05, 4.69) is 4.72 Å². The fourth-order valence-corrected chi connectivity index (χ4v) is 4.04. The maximum Gasteiger partial charge on any atom is 0.338 e. The van der Waals surface area contributed by atoms with E-state index in [9.17, 15) is 18.0 Å². The zero-order chi connectivity index (χ0) is 21.9. The summed E-state index contributed by atoms with van der Waals surface area (Å²) in [4.78, 5) is 27.1. The zero-order valence-corrected chi connectivity index (χ0v) is 18.1. The van der Waals surface area contributed by atoms with Crippen LogP contribution >= 0.6 is 0 Å². The highest BCUT2D eigenvalue weighted by Gasteiger charge is 2.34. The summed E-state index contributed by atoms with van der Waals surface area (Å²) in [6.45, 7) is 3.84. The molecule has 0 radical (unpaired) electrons. The zero-order valence-electron chi connectivity index (χ0n) is 17.3. The van der Waals surface area contributed by atoms with Crippen LogP contribution in [0.25, 0.3) is 0 Å². The number of esters is 1. The molecule has 0 spiro atoms. The van der Waals surface area contributed by atoms with Crippen molar-refractivity contribution in [2.45, 2.75) is 38.8 Å². The van der Waals surface area contributed by atoms with Gasteiger partial charge in [-0.1, -0.05) is 30.3 Å². The average Bonchev–Trinajstić information content (AvgIpc) is 3.02. The summed E-state index contributed by atoms with van der Waals surface area (Å²) in [5.74, 6) is -0.818. The van der Waals surface area contributed by atoms with Crippen molar-refractivity contribution >= 4 is 27.6 Å². The van der Waals surface area contributed by atoms with Crippen molar-refractivity contribution in [3.63, 3.8) is 0 Å². The first kappa shape index (κ1) is 22.0. The Labute approximate surface area is 177 Å². The molecule has 0 saturated carbocycles. The molecule has 0 unspecified atom stereocenters. The van der Waals surface area contributed by atoms with Gasteiger partial charge in [-0.05, 0) is 56.0 Å². The highest BCUT2D eigenvalue weighted by atomic mass is 32.2. The van der Waals surface area contributed by atoms with Crippen LogP contribution < -0.4 is 9.62 Å². The Morgan fingerprint density at radius 1 is 1.17 bits per heavy atom. The molecule has 1 aliphatic heterocycles. The maximum atomic E-state index is 12.9. The van der Waals surface area contributed by atoms with Gasteiger partial charge in [-0.25, -0.2) is 17.9 Å². The molecule has 0 bridgehead atoms. The number of anilines is 1. The topological polar surface area (TPSA) is 92.8 Å². The number of carbonyl (C=O) groups is 2. The van der Waals surface area contributed by atoms with Crippen LogP contribution in [0, 0.1) is 0 Å². The molecule has 1 N–H and O–H groups in total. The molecule has 0 aliphatic carbocycles. The molecule has 2 aromatic carbocycles. The smallest absolute Gasteiger partial charge is 0.338 e. The lowest BCUT2D eigenvalue weighted by Crippen LogP contribution is -2.43. The van der Waals surface area contributed by atoms with Crippen molar-refractivity contribution in [1.29, 1.82) is 0 Å². The Morgan fingerprint density at radius 2 is 1.83 bits per heavy atom. The second-order valence-electron chi connectivity index (χ2n) is 7.55. The molecule has 7 nitrogen and oxygen atoms in total. The first-order valence-corrected chi connectivity index (χ1v) is 11.7. The number of nitrogens with zero attached hydrogens (tertiary/aromatic N) is 1. The average molecular weight is 431 g/mol. The Balaban J connectivity index is 1.59. The van der Waals surface area contributed by atoms with E-state index in [0.29, 0.717) is 12.0 Å². The van der Waals surface area contributed by atoms with E-state index in [-0.39, 0.29) is 18.5 Å². The molecule has 1 amide bonds. The van der Waals surface area contributed by atoms with E-state index < -0.39 is 22.1 Å². The molecule has 3 rings (SSSR count). The standard InChI is InChI=1S/C22H26N2O5S/c1-15-14-19-6-4-5-7-20(19)24(15)21(25)16(2)29-22(26)18-10-8-17(9-11-18)12-13-23-30(3,27)28/h4-11,15-16,23H,12-14H2,1-3H3/t15-,16-/m1/s1. The lowest BCUT2D eigenvalue weighted by Gasteiger charge is -2.26. The molecule has 160 valence electrons. The van der Waals surface area contributed by atoms with Gasteiger partial charge in [-0.15, -0.1) is 0 Å². The van der Waals surface area contributed by atoms with Crippen molar-refractivity contribution < 1.29 is 22.7 Å². The molecular weight excluding hydrogens is 404 g/mol. The van der Waals surface area contributed by atoms with Crippen molar-refractivity contribution in [3.8, 4) is 0 Å². The van der Waals surface area contributed by atoms with Gasteiger partial charge in [0, 0.05) is 18.3 Å². The van der Waals surface area contributed by atoms with E-state index in [4.69, 9.17) is 4.74 Å². The van der Waals surface area contributed by atoms with Gasteiger partial charge in [0.25, 0.3) is 5.91 Å². The summed E-state index contributed by atoms with van der Waals surface area (Å²) in [7, 11) is -3.23. The molecule has 0 aromatic heterocycles. The molecule has 2 aromatic rings. The Hall–Kier alpha value is -2.71. The van der Waals surface area contributed by atoms with Crippen molar-refractivity contribution in [2.75, 3.05) is 17.7 Å². The summed E-state index contributed by atoms with van der Waals surface area (Å²) in [5, 5.41) is 0. The number of benzene rings is 2. The predicted molar refractivity (Wildman–Crippen MR) is 115 cm³/mol. The molecular formula is C22H26N2O5S. The van der Waals surface area contributed by atoms with Gasteiger partial charge < -0.3 is 9.64 Å². The minimum absolute atomic E-state index is 0.0101. The molecule has 1 aliphatic rings. The first-order chi connectivity index (χ1) is 14.2. The van der Waals surface area contributed by atoms with Gasteiger partial charge in [0.1, 0.15) is 0 Å². The van der Waals surface area contributed by atoms with Crippen molar-refractivity contribution in [1.82, 2.24) is 4.72 Å². The highest BCUT2D eigenvalue weighted by molar-refractivity contribution is 7.88. The third kappa shape index (κ3) is 5.25. The quantitative estimate of drug-likeness (QED) is 0.681. The van der Waals surface area contributed by atoms with Crippen molar-refractivity contribution in [3.05, 3.63) is 65.2 Å². The molecule has 2 atom stereocenters. The van der Waals surface area contributed by atoms with E-state index in [1.54, 1.807) is 36.1 Å². The van der Waals surface area contributed by atoms with E-state index in [1.807, 2.05) is 31.2 Å². The fraction of sp³-hybridized carbons (Fsp3) is 0.364. The Kier molecular flexibility index (Phi) is 6.58. The number of carbonyl (C=O) groups excluding carboxylic acids is 2. The van der Waals surface area contributed by atoms with Gasteiger partial charge in [-0.3, -0.25) is 4.79 Å². The summed E-state index contributed by atoms with van der Waals surface area (Å²) < 4.78 is 30.0. The Bertz CT molecular complexity index is 1030. The number of ether oxygens (including phenoxy) is 1. The van der Waals surface area contributed by atoms with E-state index in [0.717, 1.165) is 29.5 Å². The normalized spacial score (nSPS) is 16.8. The highest BCUT2D eigenvalue weighted by Crippen LogP contribution is 2.32. The van der Waals surface area contributed by atoms with Gasteiger partial charge in [0.2, 0.25) is 10.0 Å². The number of amides is 1. The lowest BCUT2D eigenvalue weighted by atomic mass is 10.1. The molecule has 8 heteroatoms. The van der Waals surface area contributed by atoms with Gasteiger partial charge in [0.15, 0.2) is 6.10 Å². The van der Waals surface area contributed by atoms with Crippen LogP contribution in [0.1, 0.15) is 35.3 Å². The third-order valence-corrected chi connectivity index (χ3v) is 5.77. The second-order valence-corrected chi connectivity index (χ2v) is 9.38. The molecule has 30 heavy (non-hydrogen) atoms. The molecule has 0 fully saturated rings. The number of nitrogens with one attached hydrogen (secondary N) is 1. The van der Waals surface area contributed by atoms with Gasteiger partial charge >= 0.3 is 5.97 Å². The summed E-state index contributed by atoms with van der Waals surface area (Å²) in [6.07, 6.45) is 1.47. The van der Waals surface area contributed by atoms with Crippen molar-refractivity contribution in [2.24, 2.45) is 0 Å². The number of fused-ring (bicyclic) bond motifs is 1. The summed E-state index contributed by atoms with van der Waals surface area (Å²) in [6, 6.07) is 14.5. The van der Waals surface area contributed by atoms with Crippen LogP contribution in [-0.2, 0) is 32.4 Å². The number of sulfonamides is 1. The first-order valence-electron chi connectivity index (χ1n) is 9.81. The second kappa shape index (κ2) is 8.97. The predicted octanol–water partition coefficient (Wildman–Crippen LogP) is 2.30. The number of para-hydroxylation sites is 1. The number of hydrogen-bond donors (Lipinski definition) is 1. The lowest BCUT2D eigenvalue weighted by molar-refractivity contribution is -0.126. The van der Waals surface area contributed by atoms with E-state index >= 15 is 0 Å². The largest absolute Gasteiger partial charge is 0.449 e. The van der Waals surface area contributed by atoms with Gasteiger partial charge in [-0.2, -0.15) is 0 Å². The SMILES string of the molecule is C[C@@H]1Cc2ccccc2N1C(=O)[C@@H](C)OC(=O)c1ccc(CCNS(C)(=O)=O)cc1. The number of hydrogen-bond acceptors (Lipinski definition) is 5. The van der Waals surface area contributed by atoms with Crippen LogP contribution in [0.2, 0.25) is 0 Å². The minimum atomic E-state index is -3.23. The van der Waals surface area contributed by atoms with Crippen LogP contribution in [-0.4, -0.2) is 45.2 Å². The minimum Gasteiger partial charge on any atom is -0.449 e. The van der Waals surface area contributed by atoms with E-state index in [1.165, 1.54) is 0 Å². The number of rotatable bonds is 7. The monoisotopic (exact) mass is 430 g/mol. The third-order valence-electron chi connectivity index (χ3n) is 5.04. The van der Waals surface area contributed by atoms with Crippen LogP contribution in [0.4, 0.5) is 5.69 Å². The molecule has 1 heterocycles. The fourth-order valence-electron chi connectivity index (χ4n) is 3.56. The summed E-state index contributed by atoms with van der Waals surface area (Å²) >= 11 is 0. The van der Waals surface area contributed by atoms with Gasteiger partial charge in [0.05, 0.1) is 11.8 Å².